The molecule has 0 amide bonds. The average molecular weight is 177 g/mol. The Morgan fingerprint density at radius 1 is 1.46 bits per heavy atom. The Balaban J connectivity index is 2.73. The first-order valence-electron chi connectivity index (χ1n) is 4.28. The lowest BCUT2D eigenvalue weighted by Gasteiger charge is -2.09. The lowest BCUT2D eigenvalue weighted by atomic mass is 10.1. The summed E-state index contributed by atoms with van der Waals surface area (Å²) in [7, 11) is 1.65. The van der Waals surface area contributed by atoms with Crippen LogP contribution in [0, 0.1) is 0 Å². The first kappa shape index (κ1) is 9.81. The molecule has 1 aromatic rings. The molecule has 13 heavy (non-hydrogen) atoms. The molecule has 0 bridgehead atoms. The van der Waals surface area contributed by atoms with Gasteiger partial charge >= 0.3 is 0 Å². The van der Waals surface area contributed by atoms with Crippen molar-refractivity contribution in [3.8, 4) is 5.75 Å². The molecule has 70 valence electrons. The first-order chi connectivity index (χ1) is 6.27. The van der Waals surface area contributed by atoms with Gasteiger partial charge in [0.25, 0.3) is 0 Å². The number of hydrogen-bond acceptors (Lipinski definition) is 2. The van der Waals surface area contributed by atoms with Gasteiger partial charge in [0.1, 0.15) is 5.75 Å². The molecule has 0 aliphatic rings. The van der Waals surface area contributed by atoms with Crippen molar-refractivity contribution in [1.29, 1.82) is 0 Å². The van der Waals surface area contributed by atoms with E-state index in [0.29, 0.717) is 0 Å². The van der Waals surface area contributed by atoms with Gasteiger partial charge in [-0.2, -0.15) is 0 Å². The number of hydrogen-bond donors (Lipinski definition) is 1. The maximum atomic E-state index is 5.88. The summed E-state index contributed by atoms with van der Waals surface area (Å²) in [6, 6.07) is 7.83. The van der Waals surface area contributed by atoms with E-state index in [0.717, 1.165) is 17.7 Å². The molecule has 1 atom stereocenters. The van der Waals surface area contributed by atoms with Gasteiger partial charge in [0, 0.05) is 6.04 Å². The summed E-state index contributed by atoms with van der Waals surface area (Å²) in [6.07, 6.45) is 2.63. The summed E-state index contributed by atoms with van der Waals surface area (Å²) in [6.45, 7) is 3.66. The summed E-state index contributed by atoms with van der Waals surface area (Å²) >= 11 is 0. The molecule has 0 fully saturated rings. The van der Waals surface area contributed by atoms with Gasteiger partial charge in [-0.05, 0) is 24.1 Å². The van der Waals surface area contributed by atoms with Crippen molar-refractivity contribution in [2.75, 3.05) is 7.11 Å². The Kier molecular flexibility index (Phi) is 3.53. The predicted molar refractivity (Wildman–Crippen MR) is 54.7 cm³/mol. The van der Waals surface area contributed by atoms with Crippen molar-refractivity contribution < 1.29 is 4.74 Å². The third kappa shape index (κ3) is 2.60. The third-order valence-electron chi connectivity index (χ3n) is 1.96. The van der Waals surface area contributed by atoms with Crippen molar-refractivity contribution in [3.05, 3.63) is 42.5 Å². The van der Waals surface area contributed by atoms with Crippen LogP contribution in [0.1, 0.15) is 18.0 Å². The minimum absolute atomic E-state index is 0.0448. The molecule has 2 nitrogen and oxygen atoms in total. The summed E-state index contributed by atoms with van der Waals surface area (Å²) in [5.41, 5.74) is 7.00. The normalized spacial score (nSPS) is 12.2. The van der Waals surface area contributed by atoms with Gasteiger partial charge in [-0.3, -0.25) is 0 Å². The number of ether oxygens (including phenoxy) is 1. The van der Waals surface area contributed by atoms with Crippen molar-refractivity contribution >= 4 is 0 Å². The fourth-order valence-electron chi connectivity index (χ4n) is 1.17. The van der Waals surface area contributed by atoms with E-state index in [1.165, 1.54) is 0 Å². The summed E-state index contributed by atoms with van der Waals surface area (Å²) < 4.78 is 5.05. The van der Waals surface area contributed by atoms with Gasteiger partial charge in [-0.1, -0.05) is 18.2 Å². The lowest BCUT2D eigenvalue weighted by molar-refractivity contribution is 0.414. The van der Waals surface area contributed by atoms with Crippen LogP contribution in [0.15, 0.2) is 36.9 Å². The highest BCUT2D eigenvalue weighted by molar-refractivity contribution is 5.29. The predicted octanol–water partition coefficient (Wildman–Crippen LogP) is 2.27. The Morgan fingerprint density at radius 2 is 2.08 bits per heavy atom. The highest BCUT2D eigenvalue weighted by Crippen LogP contribution is 2.18. The number of rotatable bonds is 4. The van der Waals surface area contributed by atoms with Crippen molar-refractivity contribution in [2.45, 2.75) is 12.5 Å². The van der Waals surface area contributed by atoms with Crippen LogP contribution in [0.25, 0.3) is 0 Å². The van der Waals surface area contributed by atoms with Gasteiger partial charge in [-0.15, -0.1) is 6.58 Å². The zero-order valence-electron chi connectivity index (χ0n) is 7.86. The Bertz CT molecular complexity index is 266. The van der Waals surface area contributed by atoms with E-state index in [1.54, 1.807) is 7.11 Å². The molecule has 2 heteroatoms. The van der Waals surface area contributed by atoms with Crippen LogP contribution >= 0.6 is 0 Å². The molecular weight excluding hydrogens is 162 g/mol. The molecule has 1 unspecified atom stereocenters. The summed E-state index contributed by atoms with van der Waals surface area (Å²) in [4.78, 5) is 0. The minimum atomic E-state index is 0.0448. The Hall–Kier alpha value is -1.28. The fraction of sp³-hybridized carbons (Fsp3) is 0.273. The van der Waals surface area contributed by atoms with Crippen molar-refractivity contribution in [3.63, 3.8) is 0 Å². The third-order valence-corrected chi connectivity index (χ3v) is 1.96. The Labute approximate surface area is 79.0 Å². The number of nitrogens with two attached hydrogens (primary N) is 1. The van der Waals surface area contributed by atoms with E-state index < -0.39 is 0 Å². The molecular formula is C11H15NO. The summed E-state index contributed by atoms with van der Waals surface area (Å²) in [5, 5.41) is 0. The van der Waals surface area contributed by atoms with E-state index in [4.69, 9.17) is 10.5 Å². The second-order valence-corrected chi connectivity index (χ2v) is 2.90. The maximum absolute atomic E-state index is 5.88. The molecule has 1 aromatic carbocycles. The van der Waals surface area contributed by atoms with Gasteiger partial charge in [-0.25, -0.2) is 0 Å². The minimum Gasteiger partial charge on any atom is -0.497 e. The fourth-order valence-corrected chi connectivity index (χ4v) is 1.17. The molecule has 0 heterocycles. The van der Waals surface area contributed by atoms with Crippen LogP contribution < -0.4 is 10.5 Å². The van der Waals surface area contributed by atoms with Crippen LogP contribution in [-0.4, -0.2) is 7.11 Å². The van der Waals surface area contributed by atoms with Gasteiger partial charge in [0.2, 0.25) is 0 Å². The van der Waals surface area contributed by atoms with Crippen LogP contribution in [0.5, 0.6) is 5.75 Å². The zero-order chi connectivity index (χ0) is 9.68. The number of benzene rings is 1. The summed E-state index contributed by atoms with van der Waals surface area (Å²) in [5.74, 6) is 0.856. The van der Waals surface area contributed by atoms with Crippen molar-refractivity contribution in [2.24, 2.45) is 5.73 Å². The van der Waals surface area contributed by atoms with Gasteiger partial charge < -0.3 is 10.5 Å². The zero-order valence-corrected chi connectivity index (χ0v) is 7.86. The monoisotopic (exact) mass is 177 g/mol. The second kappa shape index (κ2) is 4.67. The molecule has 0 saturated heterocycles. The smallest absolute Gasteiger partial charge is 0.118 e. The topological polar surface area (TPSA) is 35.2 Å². The quantitative estimate of drug-likeness (QED) is 0.716. The molecule has 0 radical (unpaired) electrons. The molecule has 0 aliphatic carbocycles. The van der Waals surface area contributed by atoms with E-state index in [2.05, 4.69) is 6.58 Å². The number of methoxy groups -OCH3 is 1. The molecule has 0 saturated carbocycles. The standard InChI is InChI=1S/C11H15NO/c1-3-4-11(12)9-5-7-10(13-2)8-6-9/h3,5-8,11H,1,4,12H2,2H3. The lowest BCUT2D eigenvalue weighted by Crippen LogP contribution is -2.08. The highest BCUT2D eigenvalue weighted by Gasteiger charge is 2.02. The first-order valence-corrected chi connectivity index (χ1v) is 4.28. The second-order valence-electron chi connectivity index (χ2n) is 2.90. The molecule has 0 aliphatic heterocycles. The van der Waals surface area contributed by atoms with E-state index in [-0.39, 0.29) is 6.04 Å². The van der Waals surface area contributed by atoms with Crippen LogP contribution in [0.3, 0.4) is 0 Å². The van der Waals surface area contributed by atoms with Crippen molar-refractivity contribution in [1.82, 2.24) is 0 Å². The molecule has 1 rings (SSSR count). The SMILES string of the molecule is C=CCC(N)c1ccc(OC)cc1. The van der Waals surface area contributed by atoms with E-state index >= 15 is 0 Å². The van der Waals surface area contributed by atoms with Gasteiger partial charge in [0.15, 0.2) is 0 Å². The van der Waals surface area contributed by atoms with Crippen LogP contribution in [-0.2, 0) is 0 Å². The van der Waals surface area contributed by atoms with E-state index in [1.807, 2.05) is 30.3 Å². The van der Waals surface area contributed by atoms with E-state index in [9.17, 15) is 0 Å². The molecule has 0 spiro atoms. The Morgan fingerprint density at radius 3 is 2.54 bits per heavy atom. The van der Waals surface area contributed by atoms with Crippen LogP contribution in [0.2, 0.25) is 0 Å². The highest BCUT2D eigenvalue weighted by atomic mass is 16.5. The largest absolute Gasteiger partial charge is 0.497 e. The molecule has 0 aromatic heterocycles. The molecule has 2 N–H and O–H groups in total. The average Bonchev–Trinajstić information content (AvgIpc) is 2.18. The van der Waals surface area contributed by atoms with Gasteiger partial charge in [0.05, 0.1) is 7.11 Å². The van der Waals surface area contributed by atoms with Crippen LogP contribution in [0.4, 0.5) is 0 Å². The maximum Gasteiger partial charge on any atom is 0.118 e.